The van der Waals surface area contributed by atoms with Crippen LogP contribution in [0.25, 0.3) is 0 Å². The van der Waals surface area contributed by atoms with E-state index in [2.05, 4.69) is 5.32 Å². The lowest BCUT2D eigenvalue weighted by Crippen LogP contribution is -2.20. The van der Waals surface area contributed by atoms with Crippen molar-refractivity contribution in [1.29, 1.82) is 5.41 Å². The first-order valence-corrected chi connectivity index (χ1v) is 4.55. The van der Waals surface area contributed by atoms with Crippen LogP contribution in [0.5, 0.6) is 0 Å². The van der Waals surface area contributed by atoms with Crippen LogP contribution in [0.1, 0.15) is 18.1 Å². The SMILES string of the molecule is CC(=N)C(=O)Nc1c(C)ccc(F)c1C. The minimum absolute atomic E-state index is 0.0990. The molecule has 0 aliphatic rings. The lowest BCUT2D eigenvalue weighted by atomic mass is 10.1. The topological polar surface area (TPSA) is 53.0 Å². The standard InChI is InChI=1S/C11H13FN2O/c1-6-4-5-9(12)7(2)10(6)14-11(15)8(3)13/h4-5,13H,1-3H3,(H,14,15). The summed E-state index contributed by atoms with van der Waals surface area (Å²) in [6, 6.07) is 2.95. The van der Waals surface area contributed by atoms with Gasteiger partial charge in [-0.1, -0.05) is 6.07 Å². The number of carbonyl (C=O) groups is 1. The van der Waals surface area contributed by atoms with E-state index in [0.29, 0.717) is 11.3 Å². The molecule has 3 nitrogen and oxygen atoms in total. The predicted octanol–water partition coefficient (Wildman–Crippen LogP) is 2.42. The molecule has 0 radical (unpaired) electrons. The molecule has 0 heterocycles. The van der Waals surface area contributed by atoms with Gasteiger partial charge in [-0.25, -0.2) is 4.39 Å². The van der Waals surface area contributed by atoms with Crippen LogP contribution < -0.4 is 5.32 Å². The molecule has 0 aliphatic heterocycles. The van der Waals surface area contributed by atoms with Gasteiger partial charge in [-0.3, -0.25) is 10.2 Å². The third-order valence-corrected chi connectivity index (χ3v) is 2.19. The van der Waals surface area contributed by atoms with Crippen LogP contribution in [-0.4, -0.2) is 11.6 Å². The molecule has 0 spiro atoms. The number of aryl methyl sites for hydroxylation is 1. The molecule has 1 amide bonds. The van der Waals surface area contributed by atoms with Crippen LogP contribution in [0.3, 0.4) is 0 Å². The molecule has 0 aliphatic carbocycles. The van der Waals surface area contributed by atoms with Crippen molar-refractivity contribution in [3.63, 3.8) is 0 Å². The van der Waals surface area contributed by atoms with Crippen LogP contribution in [-0.2, 0) is 4.79 Å². The fourth-order valence-electron chi connectivity index (χ4n) is 1.22. The first kappa shape index (κ1) is 11.4. The summed E-state index contributed by atoms with van der Waals surface area (Å²) in [5.41, 5.74) is 1.53. The van der Waals surface area contributed by atoms with Gasteiger partial charge in [0.2, 0.25) is 0 Å². The van der Waals surface area contributed by atoms with E-state index in [9.17, 15) is 9.18 Å². The van der Waals surface area contributed by atoms with Crippen LogP contribution in [0.4, 0.5) is 10.1 Å². The number of rotatable bonds is 2. The Kier molecular flexibility index (Phi) is 3.19. The number of hydrogen-bond acceptors (Lipinski definition) is 2. The van der Waals surface area contributed by atoms with Gasteiger partial charge >= 0.3 is 0 Å². The van der Waals surface area contributed by atoms with Crippen molar-refractivity contribution in [3.05, 3.63) is 29.1 Å². The van der Waals surface area contributed by atoms with Gasteiger partial charge in [0.15, 0.2) is 0 Å². The van der Waals surface area contributed by atoms with E-state index in [1.165, 1.54) is 13.0 Å². The highest BCUT2D eigenvalue weighted by atomic mass is 19.1. The van der Waals surface area contributed by atoms with Gasteiger partial charge < -0.3 is 5.32 Å². The molecule has 0 bridgehead atoms. The van der Waals surface area contributed by atoms with Crippen molar-refractivity contribution in [2.24, 2.45) is 0 Å². The summed E-state index contributed by atoms with van der Waals surface area (Å²) in [5, 5.41) is 9.65. The number of nitrogens with one attached hydrogen (secondary N) is 2. The maximum absolute atomic E-state index is 13.2. The number of hydrogen-bond donors (Lipinski definition) is 2. The molecule has 0 saturated heterocycles. The summed E-state index contributed by atoms with van der Waals surface area (Å²) in [6.07, 6.45) is 0. The maximum Gasteiger partial charge on any atom is 0.269 e. The molecule has 0 aromatic heterocycles. The van der Waals surface area contributed by atoms with Crippen molar-refractivity contribution < 1.29 is 9.18 Å². The van der Waals surface area contributed by atoms with Gasteiger partial charge in [0.1, 0.15) is 5.82 Å². The van der Waals surface area contributed by atoms with E-state index in [-0.39, 0.29) is 11.5 Å². The summed E-state index contributed by atoms with van der Waals surface area (Å²) < 4.78 is 13.2. The molecule has 1 aromatic rings. The van der Waals surface area contributed by atoms with Crippen molar-refractivity contribution in [1.82, 2.24) is 0 Å². The Morgan fingerprint density at radius 1 is 1.40 bits per heavy atom. The van der Waals surface area contributed by atoms with E-state index < -0.39 is 5.91 Å². The number of halogens is 1. The summed E-state index contributed by atoms with van der Waals surface area (Å²) in [6.45, 7) is 4.76. The summed E-state index contributed by atoms with van der Waals surface area (Å²) in [5.74, 6) is -0.870. The normalized spacial score (nSPS) is 9.87. The van der Waals surface area contributed by atoms with E-state index in [4.69, 9.17) is 5.41 Å². The molecule has 15 heavy (non-hydrogen) atoms. The Morgan fingerprint density at radius 3 is 2.53 bits per heavy atom. The minimum Gasteiger partial charge on any atom is -0.320 e. The van der Waals surface area contributed by atoms with E-state index in [1.807, 2.05) is 0 Å². The van der Waals surface area contributed by atoms with Gasteiger partial charge in [0, 0.05) is 11.3 Å². The van der Waals surface area contributed by atoms with E-state index >= 15 is 0 Å². The second-order valence-corrected chi connectivity index (χ2v) is 3.44. The highest BCUT2D eigenvalue weighted by Crippen LogP contribution is 2.22. The maximum atomic E-state index is 13.2. The van der Waals surface area contributed by atoms with Crippen molar-refractivity contribution >= 4 is 17.3 Å². The average molecular weight is 208 g/mol. The molecule has 1 rings (SSSR count). The fourth-order valence-corrected chi connectivity index (χ4v) is 1.22. The fraction of sp³-hybridized carbons (Fsp3) is 0.273. The van der Waals surface area contributed by atoms with Crippen LogP contribution in [0.2, 0.25) is 0 Å². The smallest absolute Gasteiger partial charge is 0.269 e. The van der Waals surface area contributed by atoms with Crippen LogP contribution in [0.15, 0.2) is 12.1 Å². The molecule has 0 fully saturated rings. The predicted molar refractivity (Wildman–Crippen MR) is 57.9 cm³/mol. The summed E-state index contributed by atoms with van der Waals surface area (Å²) >= 11 is 0. The molecule has 0 atom stereocenters. The van der Waals surface area contributed by atoms with Gasteiger partial charge in [-0.2, -0.15) is 0 Å². The first-order chi connectivity index (χ1) is 6.93. The summed E-state index contributed by atoms with van der Waals surface area (Å²) in [7, 11) is 0. The Bertz CT molecular complexity index is 427. The lowest BCUT2D eigenvalue weighted by molar-refractivity contribution is -0.110. The third-order valence-electron chi connectivity index (χ3n) is 2.19. The van der Waals surface area contributed by atoms with Crippen LogP contribution in [0, 0.1) is 25.1 Å². The zero-order valence-electron chi connectivity index (χ0n) is 8.94. The molecular formula is C11H13FN2O. The molecule has 0 saturated carbocycles. The molecule has 4 heteroatoms. The Hall–Kier alpha value is -1.71. The van der Waals surface area contributed by atoms with Crippen molar-refractivity contribution in [2.75, 3.05) is 5.32 Å². The first-order valence-electron chi connectivity index (χ1n) is 4.55. The quantitative estimate of drug-likeness (QED) is 0.720. The van der Waals surface area contributed by atoms with Gasteiger partial charge in [0.05, 0.1) is 5.71 Å². The largest absolute Gasteiger partial charge is 0.320 e. The molecule has 80 valence electrons. The Balaban J connectivity index is 3.09. The monoisotopic (exact) mass is 208 g/mol. The third kappa shape index (κ3) is 2.40. The molecule has 0 unspecified atom stereocenters. The Morgan fingerprint density at radius 2 is 2.00 bits per heavy atom. The average Bonchev–Trinajstić information content (AvgIpc) is 2.18. The second-order valence-electron chi connectivity index (χ2n) is 3.44. The number of anilines is 1. The zero-order valence-corrected chi connectivity index (χ0v) is 8.94. The van der Waals surface area contributed by atoms with Gasteiger partial charge in [0.25, 0.3) is 5.91 Å². The minimum atomic E-state index is -0.508. The highest BCUT2D eigenvalue weighted by molar-refractivity contribution is 6.41. The molecular weight excluding hydrogens is 195 g/mol. The number of amides is 1. The number of carbonyl (C=O) groups excluding carboxylic acids is 1. The van der Waals surface area contributed by atoms with E-state index in [1.54, 1.807) is 19.9 Å². The van der Waals surface area contributed by atoms with Crippen molar-refractivity contribution in [2.45, 2.75) is 20.8 Å². The van der Waals surface area contributed by atoms with E-state index in [0.717, 1.165) is 5.56 Å². The zero-order chi connectivity index (χ0) is 11.6. The molecule has 1 aromatic carbocycles. The summed E-state index contributed by atoms with van der Waals surface area (Å²) in [4.78, 5) is 11.3. The molecule has 2 N–H and O–H groups in total. The van der Waals surface area contributed by atoms with Gasteiger partial charge in [-0.05, 0) is 32.4 Å². The highest BCUT2D eigenvalue weighted by Gasteiger charge is 2.11. The van der Waals surface area contributed by atoms with Gasteiger partial charge in [-0.15, -0.1) is 0 Å². The lowest BCUT2D eigenvalue weighted by Gasteiger charge is -2.11. The number of benzene rings is 1. The second kappa shape index (κ2) is 4.21. The Labute approximate surface area is 87.8 Å². The van der Waals surface area contributed by atoms with Crippen molar-refractivity contribution in [3.8, 4) is 0 Å². The van der Waals surface area contributed by atoms with Crippen LogP contribution >= 0.6 is 0 Å².